The van der Waals surface area contributed by atoms with Crippen LogP contribution >= 0.6 is 11.3 Å². The molecule has 80 valence electrons. The Morgan fingerprint density at radius 1 is 1.36 bits per heavy atom. The largest absolute Gasteiger partial charge is 0.323 e. The van der Waals surface area contributed by atoms with Gasteiger partial charge in [-0.05, 0) is 30.9 Å². The summed E-state index contributed by atoms with van der Waals surface area (Å²) in [6.45, 7) is 6.66. The van der Waals surface area contributed by atoms with E-state index in [4.69, 9.17) is 5.73 Å². The predicted octanol–water partition coefficient (Wildman–Crippen LogP) is 3.75. The maximum Gasteiger partial charge on any atom is 0.0415 e. The molecule has 1 nitrogen and oxygen atoms in total. The highest BCUT2D eigenvalue weighted by Gasteiger charge is 2.15. The first-order valence-electron chi connectivity index (χ1n) is 5.53. The van der Waals surface area contributed by atoms with E-state index in [1.54, 1.807) is 0 Å². The van der Waals surface area contributed by atoms with Crippen molar-refractivity contribution in [1.29, 1.82) is 0 Å². The third kappa shape index (κ3) is 2.82. The second-order valence-electron chi connectivity index (χ2n) is 3.95. The molecule has 1 aromatic rings. The van der Waals surface area contributed by atoms with Crippen molar-refractivity contribution in [1.82, 2.24) is 0 Å². The molecule has 0 aliphatic rings. The average Bonchev–Trinajstić information content (AvgIpc) is 2.65. The highest BCUT2D eigenvalue weighted by Crippen LogP contribution is 2.29. The van der Waals surface area contributed by atoms with Crippen LogP contribution in [0.4, 0.5) is 0 Å². The monoisotopic (exact) mass is 211 g/mol. The number of nitrogens with two attached hydrogens (primary N) is 1. The number of thiophene rings is 1. The molecular weight excluding hydrogens is 190 g/mol. The summed E-state index contributed by atoms with van der Waals surface area (Å²) in [5.74, 6) is 0.600. The minimum absolute atomic E-state index is 0.236. The number of hydrogen-bond acceptors (Lipinski definition) is 2. The van der Waals surface area contributed by atoms with E-state index in [2.05, 4.69) is 32.9 Å². The fraction of sp³-hybridized carbons (Fsp3) is 0.667. The van der Waals surface area contributed by atoms with Gasteiger partial charge in [0.25, 0.3) is 0 Å². The third-order valence-corrected chi connectivity index (χ3v) is 4.05. The van der Waals surface area contributed by atoms with Gasteiger partial charge in [0, 0.05) is 15.8 Å². The summed E-state index contributed by atoms with van der Waals surface area (Å²) in [4.78, 5) is 2.79. The Morgan fingerprint density at radius 2 is 2.07 bits per heavy atom. The molecule has 0 saturated heterocycles. The van der Waals surface area contributed by atoms with Gasteiger partial charge in [0.2, 0.25) is 0 Å². The Bertz CT molecular complexity index is 267. The molecule has 0 spiro atoms. The van der Waals surface area contributed by atoms with E-state index in [1.807, 2.05) is 11.3 Å². The van der Waals surface area contributed by atoms with Crippen LogP contribution in [0.3, 0.4) is 0 Å². The van der Waals surface area contributed by atoms with Crippen molar-refractivity contribution in [2.45, 2.75) is 46.1 Å². The van der Waals surface area contributed by atoms with Crippen LogP contribution in [0.1, 0.15) is 49.4 Å². The third-order valence-electron chi connectivity index (χ3n) is 2.72. The fourth-order valence-electron chi connectivity index (χ4n) is 1.68. The Balaban J connectivity index is 2.63. The number of aryl methyl sites for hydroxylation is 1. The molecule has 14 heavy (non-hydrogen) atoms. The highest BCUT2D eigenvalue weighted by molar-refractivity contribution is 7.12. The lowest BCUT2D eigenvalue weighted by molar-refractivity contribution is 0.438. The van der Waals surface area contributed by atoms with Crippen LogP contribution in [0.15, 0.2) is 12.1 Å². The van der Waals surface area contributed by atoms with Crippen LogP contribution in [0, 0.1) is 5.92 Å². The van der Waals surface area contributed by atoms with Crippen molar-refractivity contribution in [2.24, 2.45) is 11.7 Å². The van der Waals surface area contributed by atoms with E-state index in [0.29, 0.717) is 5.92 Å². The van der Waals surface area contributed by atoms with Gasteiger partial charge in [-0.3, -0.25) is 0 Å². The summed E-state index contributed by atoms with van der Waals surface area (Å²) >= 11 is 1.87. The van der Waals surface area contributed by atoms with E-state index in [1.165, 1.54) is 22.6 Å². The number of rotatable bonds is 5. The zero-order valence-corrected chi connectivity index (χ0v) is 10.2. The van der Waals surface area contributed by atoms with E-state index >= 15 is 0 Å². The smallest absolute Gasteiger partial charge is 0.0415 e. The van der Waals surface area contributed by atoms with Gasteiger partial charge < -0.3 is 5.73 Å². The molecule has 2 unspecified atom stereocenters. The molecule has 0 aromatic carbocycles. The van der Waals surface area contributed by atoms with Gasteiger partial charge in [-0.1, -0.05) is 27.2 Å². The molecule has 1 heterocycles. The lowest BCUT2D eigenvalue weighted by Gasteiger charge is -2.17. The van der Waals surface area contributed by atoms with Crippen LogP contribution < -0.4 is 5.73 Å². The quantitative estimate of drug-likeness (QED) is 0.788. The minimum Gasteiger partial charge on any atom is -0.323 e. The zero-order chi connectivity index (χ0) is 10.6. The molecule has 0 aliphatic heterocycles. The van der Waals surface area contributed by atoms with Crippen molar-refractivity contribution in [3.05, 3.63) is 21.9 Å². The van der Waals surface area contributed by atoms with Gasteiger partial charge in [0.15, 0.2) is 0 Å². The van der Waals surface area contributed by atoms with Gasteiger partial charge in [0.1, 0.15) is 0 Å². The summed E-state index contributed by atoms with van der Waals surface area (Å²) in [7, 11) is 0. The predicted molar refractivity (Wildman–Crippen MR) is 64.7 cm³/mol. The van der Waals surface area contributed by atoms with E-state index in [9.17, 15) is 0 Å². The lowest BCUT2D eigenvalue weighted by Crippen LogP contribution is -2.17. The van der Waals surface area contributed by atoms with Crippen LogP contribution in [-0.4, -0.2) is 0 Å². The maximum absolute atomic E-state index is 6.20. The van der Waals surface area contributed by atoms with E-state index in [-0.39, 0.29) is 6.04 Å². The van der Waals surface area contributed by atoms with E-state index < -0.39 is 0 Å². The van der Waals surface area contributed by atoms with Gasteiger partial charge in [-0.15, -0.1) is 11.3 Å². The van der Waals surface area contributed by atoms with Crippen LogP contribution in [0.5, 0.6) is 0 Å². The standard InChI is InChI=1S/C12H21NS/c1-4-6-9(3)12(13)11-8-7-10(5-2)14-11/h7-9,12H,4-6,13H2,1-3H3. The fourth-order valence-corrected chi connectivity index (χ4v) is 2.77. The molecule has 0 amide bonds. The Kier molecular flexibility index (Phi) is 4.63. The molecule has 0 fully saturated rings. The number of hydrogen-bond donors (Lipinski definition) is 1. The molecule has 0 radical (unpaired) electrons. The van der Waals surface area contributed by atoms with Crippen LogP contribution in [0.25, 0.3) is 0 Å². The Labute approximate surface area is 91.3 Å². The Morgan fingerprint density at radius 3 is 2.57 bits per heavy atom. The van der Waals surface area contributed by atoms with Crippen molar-refractivity contribution in [2.75, 3.05) is 0 Å². The second kappa shape index (κ2) is 5.52. The van der Waals surface area contributed by atoms with E-state index in [0.717, 1.165) is 6.42 Å². The Hall–Kier alpha value is -0.340. The van der Waals surface area contributed by atoms with Crippen molar-refractivity contribution < 1.29 is 0 Å². The highest BCUT2D eigenvalue weighted by atomic mass is 32.1. The van der Waals surface area contributed by atoms with Gasteiger partial charge in [0.05, 0.1) is 0 Å². The SMILES string of the molecule is CCCC(C)C(N)c1ccc(CC)s1. The minimum atomic E-state index is 0.236. The van der Waals surface area contributed by atoms with Crippen molar-refractivity contribution in [3.63, 3.8) is 0 Å². The maximum atomic E-state index is 6.20. The molecular formula is C12H21NS. The second-order valence-corrected chi connectivity index (χ2v) is 5.15. The van der Waals surface area contributed by atoms with Crippen molar-refractivity contribution >= 4 is 11.3 Å². The normalized spacial score (nSPS) is 15.4. The molecule has 2 atom stereocenters. The van der Waals surface area contributed by atoms with Gasteiger partial charge in [-0.2, -0.15) is 0 Å². The van der Waals surface area contributed by atoms with Gasteiger partial charge in [-0.25, -0.2) is 0 Å². The summed E-state index contributed by atoms with van der Waals surface area (Å²) in [5, 5.41) is 0. The molecule has 0 aliphatic carbocycles. The summed E-state index contributed by atoms with van der Waals surface area (Å²) < 4.78 is 0. The van der Waals surface area contributed by atoms with Crippen molar-refractivity contribution in [3.8, 4) is 0 Å². The summed E-state index contributed by atoms with van der Waals surface area (Å²) in [5.41, 5.74) is 6.20. The van der Waals surface area contributed by atoms with Gasteiger partial charge >= 0.3 is 0 Å². The molecule has 1 rings (SSSR count). The first-order valence-corrected chi connectivity index (χ1v) is 6.34. The zero-order valence-electron chi connectivity index (χ0n) is 9.42. The molecule has 2 N–H and O–H groups in total. The molecule has 1 aromatic heterocycles. The first-order chi connectivity index (χ1) is 6.69. The van der Waals surface area contributed by atoms with Crippen LogP contribution in [-0.2, 0) is 6.42 Å². The summed E-state index contributed by atoms with van der Waals surface area (Å²) in [6, 6.07) is 4.64. The van der Waals surface area contributed by atoms with Crippen LogP contribution in [0.2, 0.25) is 0 Å². The average molecular weight is 211 g/mol. The molecule has 0 bridgehead atoms. The lowest BCUT2D eigenvalue weighted by atomic mass is 9.96. The molecule has 0 saturated carbocycles. The molecule has 2 heteroatoms. The topological polar surface area (TPSA) is 26.0 Å². The summed E-state index contributed by atoms with van der Waals surface area (Å²) in [6.07, 6.45) is 3.57. The first kappa shape index (κ1) is 11.7.